The molecule has 0 heterocycles. The summed E-state index contributed by atoms with van der Waals surface area (Å²) in [7, 11) is 2.53. The third-order valence-electron chi connectivity index (χ3n) is 6.93. The fraction of sp³-hybridized carbons (Fsp3) is 1.00. The third-order valence-corrected chi connectivity index (χ3v) is 7.50. The van der Waals surface area contributed by atoms with Crippen molar-refractivity contribution < 1.29 is 21.5 Å². The van der Waals surface area contributed by atoms with E-state index in [-0.39, 0.29) is 17.0 Å². The summed E-state index contributed by atoms with van der Waals surface area (Å²) in [6.45, 7) is 8.78. The van der Waals surface area contributed by atoms with Gasteiger partial charge in [0.2, 0.25) is 0 Å². The van der Waals surface area contributed by atoms with E-state index in [0.717, 1.165) is 5.33 Å². The van der Waals surface area contributed by atoms with E-state index in [0.29, 0.717) is 0 Å². The smallest absolute Gasteiger partial charge is 0.0792 e. The molecule has 1 nitrogen and oxygen atoms in total. The summed E-state index contributed by atoms with van der Waals surface area (Å²) in [6, 6.07) is 0. The molecule has 0 spiro atoms. The highest BCUT2D eigenvalue weighted by Gasteiger charge is 2.19. The predicted molar refractivity (Wildman–Crippen MR) is 143 cm³/mol. The van der Waals surface area contributed by atoms with Gasteiger partial charge in [-0.25, -0.2) is 0 Å². The van der Waals surface area contributed by atoms with Gasteiger partial charge in [0.25, 0.3) is 0 Å². The molecule has 0 aliphatic heterocycles. The van der Waals surface area contributed by atoms with Gasteiger partial charge in [0.05, 0.1) is 26.7 Å². The largest absolute Gasteiger partial charge is 1.00 e. The van der Waals surface area contributed by atoms with Gasteiger partial charge in [-0.3, -0.25) is 0 Å². The lowest BCUT2D eigenvalue weighted by atomic mass is 10.1. The van der Waals surface area contributed by atoms with Gasteiger partial charge in [-0.2, -0.15) is 0 Å². The fourth-order valence-electron chi connectivity index (χ4n) is 4.74. The van der Waals surface area contributed by atoms with Crippen molar-refractivity contribution in [1.29, 1.82) is 0 Å². The first-order valence-corrected chi connectivity index (χ1v) is 15.2. The van der Waals surface area contributed by atoms with Crippen LogP contribution >= 0.6 is 15.9 Å². The highest BCUT2D eigenvalue weighted by atomic mass is 79.9. The van der Waals surface area contributed by atoms with E-state index in [2.05, 4.69) is 36.8 Å². The molecule has 31 heavy (non-hydrogen) atoms. The predicted octanol–water partition coefficient (Wildman–Crippen LogP) is 7.06. The maximum absolute atomic E-state index is 3.66. The number of unbranched alkanes of at least 4 members (excludes halogenated alkanes) is 18. The van der Waals surface area contributed by atoms with Crippen LogP contribution in [0.25, 0.3) is 0 Å². The molecule has 0 atom stereocenters. The molecule has 0 aromatic heterocycles. The Morgan fingerprint density at radius 1 is 0.419 bits per heavy atom. The Morgan fingerprint density at radius 2 is 0.677 bits per heavy atom. The van der Waals surface area contributed by atoms with Crippen molar-refractivity contribution in [2.24, 2.45) is 0 Å². The number of nitrogens with zero attached hydrogens (tertiary/aromatic N) is 1. The van der Waals surface area contributed by atoms with Crippen LogP contribution in [0.4, 0.5) is 0 Å². The molecule has 0 amide bonds. The van der Waals surface area contributed by atoms with Gasteiger partial charge in [0.15, 0.2) is 0 Å². The Labute approximate surface area is 217 Å². The highest BCUT2D eigenvalue weighted by Crippen LogP contribution is 2.16. The standard InChI is InChI=1S/C28H59BrN.BrH/c1-4-6-8-10-12-14-16-18-20-22-26-30(3,28-24-25-29)27-23-21-19-17-15-13-11-9-7-5-2;/h4-28H2,1-3H3;1H/q+1;/p-1. The monoisotopic (exact) mass is 567 g/mol. The maximum atomic E-state index is 3.66. The van der Waals surface area contributed by atoms with Crippen molar-refractivity contribution in [3.8, 4) is 0 Å². The van der Waals surface area contributed by atoms with Crippen LogP contribution in [0.1, 0.15) is 149 Å². The number of hydrogen-bond acceptors (Lipinski definition) is 0. The molecule has 0 aliphatic rings. The Hall–Kier alpha value is 0.920. The van der Waals surface area contributed by atoms with Crippen molar-refractivity contribution in [2.45, 2.75) is 149 Å². The van der Waals surface area contributed by atoms with Gasteiger partial charge in [-0.15, -0.1) is 0 Å². The van der Waals surface area contributed by atoms with Crippen molar-refractivity contribution in [1.82, 2.24) is 0 Å². The summed E-state index contributed by atoms with van der Waals surface area (Å²) in [5.41, 5.74) is 0. The van der Waals surface area contributed by atoms with E-state index in [1.165, 1.54) is 159 Å². The summed E-state index contributed by atoms with van der Waals surface area (Å²) >= 11 is 3.66. The second-order valence-electron chi connectivity index (χ2n) is 10.2. The van der Waals surface area contributed by atoms with Gasteiger partial charge >= 0.3 is 0 Å². The van der Waals surface area contributed by atoms with E-state index in [4.69, 9.17) is 0 Å². The van der Waals surface area contributed by atoms with Crippen LogP contribution in [0.3, 0.4) is 0 Å². The molecule has 0 bridgehead atoms. The second-order valence-corrected chi connectivity index (χ2v) is 11.0. The second kappa shape index (κ2) is 27.2. The normalized spacial score (nSPS) is 11.6. The summed E-state index contributed by atoms with van der Waals surface area (Å²) < 4.78 is 1.32. The highest BCUT2D eigenvalue weighted by molar-refractivity contribution is 9.09. The maximum Gasteiger partial charge on any atom is 0.0792 e. The molecular formula is C28H59Br2N. The zero-order chi connectivity index (χ0) is 22.2. The number of quaternary nitrogens is 1. The van der Waals surface area contributed by atoms with Gasteiger partial charge in [0.1, 0.15) is 0 Å². The average Bonchev–Trinajstić information content (AvgIpc) is 2.75. The van der Waals surface area contributed by atoms with E-state index in [9.17, 15) is 0 Å². The minimum absolute atomic E-state index is 0. The summed E-state index contributed by atoms with van der Waals surface area (Å²) in [5.74, 6) is 0. The molecule has 0 fully saturated rings. The average molecular weight is 570 g/mol. The van der Waals surface area contributed by atoms with Crippen LogP contribution in [0.15, 0.2) is 0 Å². The molecule has 0 N–H and O–H groups in total. The van der Waals surface area contributed by atoms with Crippen molar-refractivity contribution in [3.63, 3.8) is 0 Å². The quantitative estimate of drug-likeness (QED) is 0.0627. The van der Waals surface area contributed by atoms with Crippen molar-refractivity contribution in [3.05, 3.63) is 0 Å². The van der Waals surface area contributed by atoms with E-state index >= 15 is 0 Å². The van der Waals surface area contributed by atoms with E-state index in [1.807, 2.05) is 0 Å². The van der Waals surface area contributed by atoms with Crippen molar-refractivity contribution in [2.75, 3.05) is 32.0 Å². The minimum atomic E-state index is 0. The first-order chi connectivity index (χ1) is 14.7. The SMILES string of the molecule is CCCCCCCCCCCC[N+](C)(CCCBr)CCCCCCCCCCCC.[Br-]. The topological polar surface area (TPSA) is 0 Å². The van der Waals surface area contributed by atoms with E-state index < -0.39 is 0 Å². The van der Waals surface area contributed by atoms with Crippen molar-refractivity contribution >= 4 is 15.9 Å². The lowest BCUT2D eigenvalue weighted by Gasteiger charge is -2.35. The van der Waals surface area contributed by atoms with Gasteiger partial charge in [-0.05, 0) is 25.7 Å². The molecule has 0 aliphatic carbocycles. The number of halogens is 2. The molecule has 190 valence electrons. The molecule has 0 radical (unpaired) electrons. The first-order valence-electron chi connectivity index (χ1n) is 14.1. The van der Waals surface area contributed by atoms with Gasteiger partial charge in [0, 0.05) is 11.8 Å². The van der Waals surface area contributed by atoms with Gasteiger partial charge in [-0.1, -0.05) is 133 Å². The van der Waals surface area contributed by atoms with Gasteiger partial charge < -0.3 is 21.5 Å². The number of hydrogen-bond donors (Lipinski definition) is 0. The minimum Gasteiger partial charge on any atom is -1.00 e. The molecular weight excluding hydrogens is 510 g/mol. The summed E-state index contributed by atoms with van der Waals surface area (Å²) in [6.07, 6.45) is 30.3. The van der Waals surface area contributed by atoms with Crippen LogP contribution < -0.4 is 17.0 Å². The number of rotatable bonds is 25. The lowest BCUT2D eigenvalue weighted by molar-refractivity contribution is -0.910. The Kier molecular flexibility index (Phi) is 29.9. The first kappa shape index (κ1) is 34.1. The Balaban J connectivity index is 0. The van der Waals surface area contributed by atoms with Crippen LogP contribution in [-0.2, 0) is 0 Å². The molecule has 0 saturated carbocycles. The third kappa shape index (κ3) is 25.4. The van der Waals surface area contributed by atoms with Crippen LogP contribution in [-0.4, -0.2) is 36.5 Å². The zero-order valence-electron chi connectivity index (χ0n) is 21.9. The Morgan fingerprint density at radius 3 is 0.968 bits per heavy atom. The molecule has 3 heteroatoms. The molecule has 0 aromatic carbocycles. The molecule has 0 rings (SSSR count). The summed E-state index contributed by atoms with van der Waals surface area (Å²) in [5, 5.41) is 1.16. The fourth-order valence-corrected chi connectivity index (χ4v) is 4.99. The molecule has 0 saturated heterocycles. The Bertz CT molecular complexity index is 298. The number of alkyl halides is 1. The van der Waals surface area contributed by atoms with Crippen LogP contribution in [0.2, 0.25) is 0 Å². The van der Waals surface area contributed by atoms with Crippen LogP contribution in [0.5, 0.6) is 0 Å². The van der Waals surface area contributed by atoms with E-state index in [1.54, 1.807) is 0 Å². The van der Waals surface area contributed by atoms with Crippen LogP contribution in [0, 0.1) is 0 Å². The molecule has 0 aromatic rings. The summed E-state index contributed by atoms with van der Waals surface area (Å²) in [4.78, 5) is 0. The lowest BCUT2D eigenvalue weighted by Crippen LogP contribution is -3.00. The molecule has 0 unspecified atom stereocenters. The zero-order valence-corrected chi connectivity index (χ0v) is 25.1.